The van der Waals surface area contributed by atoms with Crippen molar-refractivity contribution in [2.75, 3.05) is 11.1 Å². The zero-order valence-corrected chi connectivity index (χ0v) is 16.6. The average molecular weight is 409 g/mol. The number of rotatable bonds is 8. The van der Waals surface area contributed by atoms with Crippen LogP contribution in [0.4, 0.5) is 10.1 Å². The van der Waals surface area contributed by atoms with Gasteiger partial charge in [-0.25, -0.2) is 4.39 Å². The standard InChI is InChI=1S/C22H21FN4OS/c1-2-12-27-21(19-13-18(19)15-6-4-3-5-7-15)25-26-22(27)29-14-20(28)24-17-10-8-16(23)9-11-17/h2-11,18-19H,1,12-14H2,(H,24,28). The van der Waals surface area contributed by atoms with Crippen LogP contribution in [0.1, 0.15) is 29.6 Å². The van der Waals surface area contributed by atoms with E-state index in [0.717, 1.165) is 12.2 Å². The number of thioether (sulfide) groups is 1. The number of hydrogen-bond donors (Lipinski definition) is 1. The van der Waals surface area contributed by atoms with Gasteiger partial charge in [0.2, 0.25) is 5.91 Å². The molecule has 1 N–H and O–H groups in total. The molecule has 1 aliphatic rings. The second-order valence-corrected chi connectivity index (χ2v) is 7.89. The molecule has 1 amide bonds. The molecule has 2 atom stereocenters. The Bertz CT molecular complexity index is 1000. The summed E-state index contributed by atoms with van der Waals surface area (Å²) >= 11 is 1.34. The van der Waals surface area contributed by atoms with E-state index in [2.05, 4.69) is 46.4 Å². The highest BCUT2D eigenvalue weighted by molar-refractivity contribution is 7.99. The van der Waals surface area contributed by atoms with Gasteiger partial charge in [-0.2, -0.15) is 0 Å². The molecule has 0 radical (unpaired) electrons. The van der Waals surface area contributed by atoms with Gasteiger partial charge in [0.05, 0.1) is 5.75 Å². The minimum Gasteiger partial charge on any atom is -0.325 e. The van der Waals surface area contributed by atoms with Gasteiger partial charge in [-0.3, -0.25) is 4.79 Å². The first-order chi connectivity index (χ1) is 14.2. The van der Waals surface area contributed by atoms with E-state index < -0.39 is 0 Å². The fourth-order valence-electron chi connectivity index (χ4n) is 3.39. The number of benzene rings is 2. The van der Waals surface area contributed by atoms with E-state index >= 15 is 0 Å². The Balaban J connectivity index is 1.41. The molecule has 0 spiro atoms. The van der Waals surface area contributed by atoms with Crippen LogP contribution in [0.25, 0.3) is 0 Å². The van der Waals surface area contributed by atoms with Gasteiger partial charge in [0.25, 0.3) is 0 Å². The molecular formula is C22H21FN4OS. The summed E-state index contributed by atoms with van der Waals surface area (Å²) in [6, 6.07) is 16.1. The number of hydrogen-bond acceptors (Lipinski definition) is 4. The molecule has 5 nitrogen and oxygen atoms in total. The molecule has 4 rings (SSSR count). The third kappa shape index (κ3) is 4.56. The first-order valence-electron chi connectivity index (χ1n) is 9.43. The minimum absolute atomic E-state index is 0.176. The number of nitrogens with zero attached hydrogens (tertiary/aromatic N) is 3. The van der Waals surface area contributed by atoms with Gasteiger partial charge in [0, 0.05) is 18.2 Å². The lowest BCUT2D eigenvalue weighted by Gasteiger charge is -2.08. The zero-order valence-electron chi connectivity index (χ0n) is 15.8. The second-order valence-electron chi connectivity index (χ2n) is 6.94. The molecule has 0 aliphatic heterocycles. The third-order valence-electron chi connectivity index (χ3n) is 4.87. The number of aromatic nitrogens is 3. The highest BCUT2D eigenvalue weighted by Gasteiger charge is 2.43. The summed E-state index contributed by atoms with van der Waals surface area (Å²) in [4.78, 5) is 12.2. The predicted octanol–water partition coefficient (Wildman–Crippen LogP) is 4.61. The Hall–Kier alpha value is -2.93. The topological polar surface area (TPSA) is 59.8 Å². The maximum absolute atomic E-state index is 13.0. The van der Waals surface area contributed by atoms with Gasteiger partial charge in [0.1, 0.15) is 11.6 Å². The van der Waals surface area contributed by atoms with Crippen molar-refractivity contribution in [2.24, 2.45) is 0 Å². The SMILES string of the molecule is C=CCn1c(SCC(=O)Nc2ccc(F)cc2)nnc1C1CC1c1ccccc1. The van der Waals surface area contributed by atoms with Crippen LogP contribution in [-0.4, -0.2) is 26.4 Å². The number of halogens is 1. The largest absolute Gasteiger partial charge is 0.325 e. The van der Waals surface area contributed by atoms with Crippen molar-refractivity contribution in [2.45, 2.75) is 30.0 Å². The summed E-state index contributed by atoms with van der Waals surface area (Å²) in [5.41, 5.74) is 1.88. The molecule has 1 aromatic heterocycles. The van der Waals surface area contributed by atoms with E-state index in [-0.39, 0.29) is 17.5 Å². The van der Waals surface area contributed by atoms with E-state index in [1.54, 1.807) is 0 Å². The van der Waals surface area contributed by atoms with Crippen LogP contribution in [0.15, 0.2) is 72.4 Å². The lowest BCUT2D eigenvalue weighted by molar-refractivity contribution is -0.113. The number of carbonyl (C=O) groups is 1. The number of allylic oxidation sites excluding steroid dienone is 1. The van der Waals surface area contributed by atoms with E-state index in [4.69, 9.17) is 0 Å². The van der Waals surface area contributed by atoms with Crippen LogP contribution in [0.5, 0.6) is 0 Å². The molecule has 29 heavy (non-hydrogen) atoms. The number of amides is 1. The monoisotopic (exact) mass is 408 g/mol. The fraction of sp³-hybridized carbons (Fsp3) is 0.227. The Morgan fingerprint density at radius 1 is 1.17 bits per heavy atom. The summed E-state index contributed by atoms with van der Waals surface area (Å²) < 4.78 is 15.0. The normalized spacial score (nSPS) is 17.7. The number of anilines is 1. The Morgan fingerprint density at radius 2 is 1.93 bits per heavy atom. The highest BCUT2D eigenvalue weighted by Crippen LogP contribution is 2.54. The fourth-order valence-corrected chi connectivity index (χ4v) is 4.15. The third-order valence-corrected chi connectivity index (χ3v) is 5.83. The Labute approximate surface area is 173 Å². The van der Waals surface area contributed by atoms with E-state index in [1.807, 2.05) is 16.7 Å². The zero-order chi connectivity index (χ0) is 20.2. The molecule has 2 aromatic carbocycles. The highest BCUT2D eigenvalue weighted by atomic mass is 32.2. The number of nitrogens with one attached hydrogen (secondary N) is 1. The molecule has 1 saturated carbocycles. The molecule has 1 heterocycles. The first kappa shape index (κ1) is 19.4. The van der Waals surface area contributed by atoms with Crippen LogP contribution in [0.2, 0.25) is 0 Å². The molecule has 0 bridgehead atoms. The molecule has 3 aromatic rings. The summed E-state index contributed by atoms with van der Waals surface area (Å²) in [6.45, 7) is 4.44. The molecule has 7 heteroatoms. The van der Waals surface area contributed by atoms with Crippen LogP contribution < -0.4 is 5.32 Å². The van der Waals surface area contributed by atoms with Gasteiger partial charge in [-0.15, -0.1) is 16.8 Å². The summed E-state index contributed by atoms with van der Waals surface area (Å²) in [6.07, 6.45) is 2.87. The second kappa shape index (κ2) is 8.61. The van der Waals surface area contributed by atoms with Gasteiger partial charge in [0.15, 0.2) is 5.16 Å². The summed E-state index contributed by atoms with van der Waals surface area (Å²) in [5, 5.41) is 12.2. The predicted molar refractivity (Wildman–Crippen MR) is 113 cm³/mol. The molecule has 0 saturated heterocycles. The van der Waals surface area contributed by atoms with Crippen LogP contribution >= 0.6 is 11.8 Å². The van der Waals surface area contributed by atoms with Crippen molar-refractivity contribution in [3.05, 3.63) is 84.5 Å². The quantitative estimate of drug-likeness (QED) is 0.437. The van der Waals surface area contributed by atoms with E-state index in [9.17, 15) is 9.18 Å². The van der Waals surface area contributed by atoms with Gasteiger partial charge >= 0.3 is 0 Å². The molecule has 1 aliphatic carbocycles. The Morgan fingerprint density at radius 3 is 2.66 bits per heavy atom. The van der Waals surface area contributed by atoms with Gasteiger partial charge in [-0.1, -0.05) is 48.2 Å². The smallest absolute Gasteiger partial charge is 0.234 e. The van der Waals surface area contributed by atoms with Crippen LogP contribution in [0, 0.1) is 5.82 Å². The molecular weight excluding hydrogens is 387 g/mol. The first-order valence-corrected chi connectivity index (χ1v) is 10.4. The summed E-state index contributed by atoms with van der Waals surface area (Å²) in [5.74, 6) is 1.43. The van der Waals surface area contributed by atoms with E-state index in [1.165, 1.54) is 41.6 Å². The van der Waals surface area contributed by atoms with Gasteiger partial charge in [-0.05, 0) is 42.2 Å². The lowest BCUT2D eigenvalue weighted by Crippen LogP contribution is -2.14. The van der Waals surface area contributed by atoms with Crippen molar-refractivity contribution >= 4 is 23.4 Å². The van der Waals surface area contributed by atoms with Crippen LogP contribution in [-0.2, 0) is 11.3 Å². The number of carbonyl (C=O) groups excluding carboxylic acids is 1. The Kier molecular flexibility index (Phi) is 5.76. The minimum atomic E-state index is -0.337. The van der Waals surface area contributed by atoms with Crippen molar-refractivity contribution in [1.82, 2.24) is 14.8 Å². The maximum Gasteiger partial charge on any atom is 0.234 e. The van der Waals surface area contributed by atoms with Crippen LogP contribution in [0.3, 0.4) is 0 Å². The van der Waals surface area contributed by atoms with E-state index in [0.29, 0.717) is 29.2 Å². The maximum atomic E-state index is 13.0. The molecule has 2 unspecified atom stereocenters. The van der Waals surface area contributed by atoms with Crippen molar-refractivity contribution < 1.29 is 9.18 Å². The average Bonchev–Trinajstić information content (AvgIpc) is 3.44. The lowest BCUT2D eigenvalue weighted by atomic mass is 10.1. The van der Waals surface area contributed by atoms with Crippen molar-refractivity contribution in [1.29, 1.82) is 0 Å². The molecule has 148 valence electrons. The molecule has 1 fully saturated rings. The van der Waals surface area contributed by atoms with Gasteiger partial charge < -0.3 is 9.88 Å². The van der Waals surface area contributed by atoms with Crippen molar-refractivity contribution in [3.63, 3.8) is 0 Å². The van der Waals surface area contributed by atoms with Crippen molar-refractivity contribution in [3.8, 4) is 0 Å². The summed E-state index contributed by atoms with van der Waals surface area (Å²) in [7, 11) is 0.